The molecule has 1 amide bonds. The molecule has 0 bridgehead atoms. The van der Waals surface area contributed by atoms with E-state index in [1.54, 1.807) is 29.2 Å². The zero-order chi connectivity index (χ0) is 21.3. The summed E-state index contributed by atoms with van der Waals surface area (Å²) in [6.45, 7) is 7.59. The van der Waals surface area contributed by atoms with Gasteiger partial charge < -0.3 is 14.7 Å². The number of nitrogens with one attached hydrogen (secondary N) is 1. The summed E-state index contributed by atoms with van der Waals surface area (Å²) in [5.74, 6) is -0.288. The molecule has 0 spiro atoms. The van der Waals surface area contributed by atoms with E-state index in [0.717, 1.165) is 18.7 Å². The van der Waals surface area contributed by atoms with E-state index >= 15 is 0 Å². The zero-order valence-corrected chi connectivity index (χ0v) is 17.6. The lowest BCUT2D eigenvalue weighted by molar-refractivity contribution is -0.906. The molecule has 1 unspecified atom stereocenters. The normalized spacial score (nSPS) is 21.9. The predicted octanol–water partition coefficient (Wildman–Crippen LogP) is 1.49. The highest BCUT2D eigenvalue weighted by molar-refractivity contribution is 6.10. The molecule has 0 aliphatic carbocycles. The van der Waals surface area contributed by atoms with Crippen molar-refractivity contribution in [1.82, 2.24) is 0 Å². The van der Waals surface area contributed by atoms with Crippen LogP contribution in [0, 0.1) is 0 Å². The lowest BCUT2D eigenvalue weighted by Crippen LogP contribution is -3.15. The first kappa shape index (κ1) is 20.7. The Balaban J connectivity index is 1.58. The molecule has 0 radical (unpaired) electrons. The largest absolute Gasteiger partial charge is 0.375 e. The molecule has 4 rings (SSSR count). The number of amides is 1. The van der Waals surface area contributed by atoms with Crippen LogP contribution in [-0.4, -0.2) is 49.8 Å². The second-order valence-electron chi connectivity index (χ2n) is 8.51. The second-order valence-corrected chi connectivity index (χ2v) is 8.51. The molecule has 1 saturated heterocycles. The zero-order valence-electron chi connectivity index (χ0n) is 17.6. The number of para-hydroxylation sites is 1. The number of quaternary nitrogens is 1. The number of aliphatic hydroxyl groups is 1. The number of hydrogen-bond donors (Lipinski definition) is 2. The van der Waals surface area contributed by atoms with Gasteiger partial charge in [0.25, 0.3) is 5.91 Å². The molecular weight excluding hydrogens is 380 g/mol. The lowest BCUT2D eigenvalue weighted by Gasteiger charge is -2.29. The van der Waals surface area contributed by atoms with Gasteiger partial charge >= 0.3 is 0 Å². The maximum absolute atomic E-state index is 13.3. The van der Waals surface area contributed by atoms with E-state index in [1.807, 2.05) is 24.3 Å². The number of ether oxygens (including phenoxy) is 1. The van der Waals surface area contributed by atoms with Gasteiger partial charge in [-0.3, -0.25) is 14.5 Å². The molecule has 2 aliphatic heterocycles. The highest BCUT2D eigenvalue weighted by Gasteiger charge is 2.51. The summed E-state index contributed by atoms with van der Waals surface area (Å²) in [7, 11) is 0. The van der Waals surface area contributed by atoms with E-state index in [2.05, 4.69) is 13.8 Å². The number of ketones is 1. The predicted molar refractivity (Wildman–Crippen MR) is 114 cm³/mol. The maximum atomic E-state index is 13.3. The fourth-order valence-electron chi connectivity index (χ4n) is 4.26. The number of nitrogens with zero attached hydrogens (tertiary/aromatic N) is 1. The summed E-state index contributed by atoms with van der Waals surface area (Å²) in [4.78, 5) is 29.2. The summed E-state index contributed by atoms with van der Waals surface area (Å²) in [6, 6.07) is 14.7. The van der Waals surface area contributed by atoms with Gasteiger partial charge in [-0.05, 0) is 17.5 Å². The molecule has 158 valence electrons. The minimum absolute atomic E-state index is 0.239. The average molecular weight is 410 g/mol. The Hall–Kier alpha value is -2.54. The number of morpholine rings is 1. The van der Waals surface area contributed by atoms with E-state index in [0.29, 0.717) is 42.6 Å². The molecule has 1 fully saturated rings. The number of anilines is 1. The van der Waals surface area contributed by atoms with E-state index in [9.17, 15) is 14.7 Å². The molecule has 2 aromatic carbocycles. The minimum atomic E-state index is -1.84. The van der Waals surface area contributed by atoms with Gasteiger partial charge in [0.1, 0.15) is 13.1 Å². The van der Waals surface area contributed by atoms with Gasteiger partial charge in [-0.1, -0.05) is 56.3 Å². The number of hydrogen-bond acceptors (Lipinski definition) is 4. The number of rotatable bonds is 6. The molecule has 6 heteroatoms. The van der Waals surface area contributed by atoms with Gasteiger partial charge in [-0.25, -0.2) is 0 Å². The maximum Gasteiger partial charge on any atom is 0.268 e. The van der Waals surface area contributed by atoms with Crippen molar-refractivity contribution in [2.24, 2.45) is 0 Å². The SMILES string of the molecule is CC(C)c1ccc(C(=O)CC2(O)C(=O)N(C[NH+]3CCOCC3)c3ccccc32)cc1. The molecule has 0 aromatic heterocycles. The Morgan fingerprint density at radius 1 is 1.13 bits per heavy atom. The monoisotopic (exact) mass is 409 g/mol. The first-order valence-corrected chi connectivity index (χ1v) is 10.6. The van der Waals surface area contributed by atoms with Crippen molar-refractivity contribution in [2.45, 2.75) is 31.8 Å². The van der Waals surface area contributed by atoms with E-state index in [1.165, 1.54) is 4.90 Å². The lowest BCUT2D eigenvalue weighted by atomic mass is 9.87. The van der Waals surface area contributed by atoms with Gasteiger partial charge in [0.05, 0.1) is 25.3 Å². The van der Waals surface area contributed by atoms with Gasteiger partial charge in [0.15, 0.2) is 18.1 Å². The second kappa shape index (κ2) is 8.30. The van der Waals surface area contributed by atoms with Crippen LogP contribution < -0.4 is 9.80 Å². The van der Waals surface area contributed by atoms with Gasteiger partial charge in [-0.2, -0.15) is 0 Å². The number of benzene rings is 2. The molecule has 1 atom stereocenters. The Labute approximate surface area is 177 Å². The number of carbonyl (C=O) groups excluding carboxylic acids is 2. The Bertz CT molecular complexity index is 934. The van der Waals surface area contributed by atoms with Crippen molar-refractivity contribution in [2.75, 3.05) is 37.9 Å². The molecule has 0 saturated carbocycles. The van der Waals surface area contributed by atoms with Crippen LogP contribution in [0.4, 0.5) is 5.69 Å². The number of carbonyl (C=O) groups is 2. The first-order valence-electron chi connectivity index (χ1n) is 10.6. The van der Waals surface area contributed by atoms with E-state index in [-0.39, 0.29) is 12.2 Å². The third kappa shape index (κ3) is 3.78. The van der Waals surface area contributed by atoms with E-state index in [4.69, 9.17) is 4.74 Å². The molecule has 2 N–H and O–H groups in total. The van der Waals surface area contributed by atoms with Crippen molar-refractivity contribution >= 4 is 17.4 Å². The summed E-state index contributed by atoms with van der Waals surface area (Å²) in [6.07, 6.45) is -0.265. The van der Waals surface area contributed by atoms with Gasteiger partial charge in [0.2, 0.25) is 0 Å². The fourth-order valence-corrected chi connectivity index (χ4v) is 4.26. The van der Waals surface area contributed by atoms with Gasteiger partial charge in [0, 0.05) is 11.1 Å². The molecule has 6 nitrogen and oxygen atoms in total. The molecule has 2 aliphatic rings. The number of fused-ring (bicyclic) bond motifs is 1. The van der Waals surface area contributed by atoms with Crippen LogP contribution in [0.1, 0.15) is 47.7 Å². The average Bonchev–Trinajstić information content (AvgIpc) is 2.96. The Kier molecular flexibility index (Phi) is 5.73. The standard InChI is InChI=1S/C24H28N2O4/c1-17(2)18-7-9-19(10-8-18)22(27)15-24(29)20-5-3-4-6-21(20)26(23(24)28)16-25-11-13-30-14-12-25/h3-10,17,29H,11-16H2,1-2H3/p+1. The molecular formula is C24H29N2O4+. The van der Waals surface area contributed by atoms with Crippen molar-refractivity contribution in [3.63, 3.8) is 0 Å². The molecule has 2 heterocycles. The smallest absolute Gasteiger partial charge is 0.268 e. The summed E-state index contributed by atoms with van der Waals surface area (Å²) >= 11 is 0. The van der Waals surface area contributed by atoms with Crippen LogP contribution in [0.3, 0.4) is 0 Å². The highest BCUT2D eigenvalue weighted by atomic mass is 16.5. The first-order chi connectivity index (χ1) is 14.4. The third-order valence-corrected chi connectivity index (χ3v) is 6.14. The quantitative estimate of drug-likeness (QED) is 0.710. The van der Waals surface area contributed by atoms with Crippen LogP contribution in [-0.2, 0) is 15.1 Å². The van der Waals surface area contributed by atoms with Crippen LogP contribution >= 0.6 is 0 Å². The van der Waals surface area contributed by atoms with Crippen LogP contribution in [0.25, 0.3) is 0 Å². The number of Topliss-reactive ketones (excluding diaryl/α,β-unsaturated/α-hetero) is 1. The Morgan fingerprint density at radius 3 is 2.47 bits per heavy atom. The third-order valence-electron chi connectivity index (χ3n) is 6.14. The van der Waals surface area contributed by atoms with Crippen molar-refractivity contribution < 1.29 is 24.3 Å². The Morgan fingerprint density at radius 2 is 1.80 bits per heavy atom. The summed E-state index contributed by atoms with van der Waals surface area (Å²) < 4.78 is 5.41. The van der Waals surface area contributed by atoms with Crippen LogP contribution in [0.2, 0.25) is 0 Å². The molecule has 30 heavy (non-hydrogen) atoms. The molecule has 2 aromatic rings. The van der Waals surface area contributed by atoms with Crippen molar-refractivity contribution in [3.8, 4) is 0 Å². The van der Waals surface area contributed by atoms with E-state index < -0.39 is 11.5 Å². The summed E-state index contributed by atoms with van der Waals surface area (Å²) in [5.41, 5.74) is 1.01. The van der Waals surface area contributed by atoms with Crippen LogP contribution in [0.15, 0.2) is 48.5 Å². The highest BCUT2D eigenvalue weighted by Crippen LogP contribution is 2.42. The van der Waals surface area contributed by atoms with Crippen molar-refractivity contribution in [3.05, 3.63) is 65.2 Å². The fraction of sp³-hybridized carbons (Fsp3) is 0.417. The topological polar surface area (TPSA) is 71.3 Å². The minimum Gasteiger partial charge on any atom is -0.375 e. The van der Waals surface area contributed by atoms with Crippen LogP contribution in [0.5, 0.6) is 0 Å². The van der Waals surface area contributed by atoms with Crippen molar-refractivity contribution in [1.29, 1.82) is 0 Å². The summed E-state index contributed by atoms with van der Waals surface area (Å²) in [5, 5.41) is 11.4. The van der Waals surface area contributed by atoms with Gasteiger partial charge in [-0.15, -0.1) is 0 Å².